The number of nitrogens with zero attached hydrogens (tertiary/aromatic N) is 2. The largest absolute Gasteiger partial charge is 0.337 e. The summed E-state index contributed by atoms with van der Waals surface area (Å²) in [6.07, 6.45) is 2.23. The van der Waals surface area contributed by atoms with Gasteiger partial charge in [-0.25, -0.2) is 0 Å². The zero-order valence-electron chi connectivity index (χ0n) is 10.1. The molecule has 4 heteroatoms. The Bertz CT molecular complexity index is 218. The smallest absolute Gasteiger partial charge is 0.236 e. The van der Waals surface area contributed by atoms with Crippen molar-refractivity contribution in [2.24, 2.45) is 5.73 Å². The van der Waals surface area contributed by atoms with Crippen LogP contribution in [0, 0.1) is 0 Å². The van der Waals surface area contributed by atoms with E-state index in [1.165, 1.54) is 0 Å². The molecule has 0 radical (unpaired) electrons. The lowest BCUT2D eigenvalue weighted by molar-refractivity contribution is -0.130. The first-order valence-corrected chi connectivity index (χ1v) is 5.76. The maximum atomic E-state index is 11.6. The average molecular weight is 213 g/mol. The van der Waals surface area contributed by atoms with E-state index >= 15 is 0 Å². The van der Waals surface area contributed by atoms with Crippen molar-refractivity contribution in [2.75, 3.05) is 26.7 Å². The van der Waals surface area contributed by atoms with Crippen LogP contribution in [0.15, 0.2) is 0 Å². The van der Waals surface area contributed by atoms with Crippen LogP contribution in [-0.4, -0.2) is 54.5 Å². The van der Waals surface area contributed by atoms with Crippen molar-refractivity contribution < 1.29 is 4.79 Å². The van der Waals surface area contributed by atoms with Gasteiger partial charge in [-0.1, -0.05) is 0 Å². The Balaban J connectivity index is 2.50. The van der Waals surface area contributed by atoms with Gasteiger partial charge in [0.1, 0.15) is 0 Å². The summed E-state index contributed by atoms with van der Waals surface area (Å²) in [5.74, 6) is 0.0923. The monoisotopic (exact) mass is 213 g/mol. The lowest BCUT2D eigenvalue weighted by Crippen LogP contribution is -2.45. The van der Waals surface area contributed by atoms with Crippen LogP contribution in [0.25, 0.3) is 0 Å². The fourth-order valence-corrected chi connectivity index (χ4v) is 2.01. The maximum Gasteiger partial charge on any atom is 0.236 e. The fraction of sp³-hybridized carbons (Fsp3) is 0.909. The van der Waals surface area contributed by atoms with Crippen molar-refractivity contribution in [1.82, 2.24) is 9.80 Å². The highest BCUT2D eigenvalue weighted by molar-refractivity contribution is 5.78. The van der Waals surface area contributed by atoms with Gasteiger partial charge < -0.3 is 15.5 Å². The Hall–Kier alpha value is -0.610. The minimum atomic E-state index is 0.0923. The molecule has 4 nitrogen and oxygen atoms in total. The summed E-state index contributed by atoms with van der Waals surface area (Å²) in [7, 11) is 2.11. The summed E-state index contributed by atoms with van der Waals surface area (Å²) < 4.78 is 0. The topological polar surface area (TPSA) is 49.6 Å². The van der Waals surface area contributed by atoms with E-state index in [0.29, 0.717) is 12.1 Å². The number of nitrogens with two attached hydrogens (primary N) is 1. The van der Waals surface area contributed by atoms with Crippen molar-refractivity contribution >= 4 is 5.91 Å². The van der Waals surface area contributed by atoms with Crippen LogP contribution in [0.1, 0.15) is 26.7 Å². The number of carbonyl (C=O) groups is 1. The molecule has 0 spiro atoms. The molecule has 1 saturated heterocycles. The summed E-state index contributed by atoms with van der Waals surface area (Å²) in [6.45, 7) is 6.33. The second kappa shape index (κ2) is 5.47. The Morgan fingerprint density at radius 1 is 1.60 bits per heavy atom. The van der Waals surface area contributed by atoms with E-state index in [0.717, 1.165) is 25.9 Å². The maximum absolute atomic E-state index is 11.6. The van der Waals surface area contributed by atoms with Crippen LogP contribution in [0.4, 0.5) is 0 Å². The first kappa shape index (κ1) is 12.5. The van der Waals surface area contributed by atoms with E-state index in [1.807, 2.05) is 4.90 Å². The highest BCUT2D eigenvalue weighted by Crippen LogP contribution is 2.18. The number of likely N-dealkylation sites (tertiary alicyclic amines) is 1. The number of likely N-dealkylation sites (N-methyl/N-ethyl adjacent to an activating group) is 1. The molecule has 1 unspecified atom stereocenters. The van der Waals surface area contributed by atoms with Gasteiger partial charge in [-0.3, -0.25) is 4.79 Å². The van der Waals surface area contributed by atoms with E-state index in [-0.39, 0.29) is 12.5 Å². The van der Waals surface area contributed by atoms with Crippen LogP contribution in [-0.2, 0) is 4.79 Å². The number of amides is 1. The second-order valence-corrected chi connectivity index (χ2v) is 4.62. The van der Waals surface area contributed by atoms with Gasteiger partial charge in [0.25, 0.3) is 0 Å². The fourth-order valence-electron chi connectivity index (χ4n) is 2.01. The van der Waals surface area contributed by atoms with Gasteiger partial charge in [-0.05, 0) is 33.7 Å². The van der Waals surface area contributed by atoms with E-state index in [1.54, 1.807) is 0 Å². The Kier molecular flexibility index (Phi) is 4.54. The standard InChI is InChI=1S/C11H23N3O/c1-9(2)13(3)8-10-5-4-6-14(10)11(15)7-12/h9-10H,4-8,12H2,1-3H3. The quantitative estimate of drug-likeness (QED) is 0.729. The molecular formula is C11H23N3O. The minimum Gasteiger partial charge on any atom is -0.337 e. The zero-order chi connectivity index (χ0) is 11.4. The van der Waals surface area contributed by atoms with Crippen LogP contribution in [0.3, 0.4) is 0 Å². The molecule has 0 aromatic carbocycles. The van der Waals surface area contributed by atoms with Gasteiger partial charge in [-0.2, -0.15) is 0 Å². The Labute approximate surface area is 92.4 Å². The highest BCUT2D eigenvalue weighted by Gasteiger charge is 2.28. The number of hydrogen-bond acceptors (Lipinski definition) is 3. The molecule has 1 amide bonds. The molecule has 88 valence electrons. The Morgan fingerprint density at radius 2 is 2.27 bits per heavy atom. The van der Waals surface area contributed by atoms with Gasteiger partial charge in [0.15, 0.2) is 0 Å². The normalized spacial score (nSPS) is 21.7. The summed E-state index contributed by atoms with van der Waals surface area (Å²) in [4.78, 5) is 15.8. The number of carbonyl (C=O) groups excluding carboxylic acids is 1. The third kappa shape index (κ3) is 3.18. The molecule has 0 aromatic rings. The van der Waals surface area contributed by atoms with Crippen LogP contribution in [0.2, 0.25) is 0 Å². The summed E-state index contributed by atoms with van der Waals surface area (Å²) >= 11 is 0. The van der Waals surface area contributed by atoms with Crippen LogP contribution < -0.4 is 5.73 Å². The zero-order valence-corrected chi connectivity index (χ0v) is 10.1. The molecule has 1 rings (SSSR count). The predicted molar refractivity (Wildman–Crippen MR) is 61.6 cm³/mol. The van der Waals surface area contributed by atoms with Gasteiger partial charge >= 0.3 is 0 Å². The summed E-state index contributed by atoms with van der Waals surface area (Å²) in [5, 5.41) is 0. The van der Waals surface area contributed by atoms with E-state index in [9.17, 15) is 4.79 Å². The molecule has 0 aromatic heterocycles. The molecule has 0 bridgehead atoms. The third-order valence-electron chi connectivity index (χ3n) is 3.25. The lowest BCUT2D eigenvalue weighted by atomic mass is 10.2. The first-order valence-electron chi connectivity index (χ1n) is 5.76. The van der Waals surface area contributed by atoms with Crippen molar-refractivity contribution in [3.05, 3.63) is 0 Å². The predicted octanol–water partition coefficient (Wildman–Crippen LogP) is 0.276. The van der Waals surface area contributed by atoms with Gasteiger partial charge in [0, 0.05) is 25.2 Å². The molecule has 15 heavy (non-hydrogen) atoms. The average Bonchev–Trinajstić information content (AvgIpc) is 2.64. The molecule has 1 atom stereocenters. The number of rotatable bonds is 4. The highest BCUT2D eigenvalue weighted by atomic mass is 16.2. The summed E-state index contributed by atoms with van der Waals surface area (Å²) in [5.41, 5.74) is 5.40. The molecule has 2 N–H and O–H groups in total. The van der Waals surface area contributed by atoms with Crippen molar-refractivity contribution in [2.45, 2.75) is 38.8 Å². The molecule has 1 heterocycles. The van der Waals surface area contributed by atoms with Crippen LogP contribution in [0.5, 0.6) is 0 Å². The van der Waals surface area contributed by atoms with Crippen molar-refractivity contribution in [1.29, 1.82) is 0 Å². The second-order valence-electron chi connectivity index (χ2n) is 4.62. The SMILES string of the molecule is CC(C)N(C)CC1CCCN1C(=O)CN. The Morgan fingerprint density at radius 3 is 2.80 bits per heavy atom. The minimum absolute atomic E-state index is 0.0923. The van der Waals surface area contributed by atoms with Gasteiger partial charge in [-0.15, -0.1) is 0 Å². The summed E-state index contributed by atoms with van der Waals surface area (Å²) in [6, 6.07) is 0.897. The molecule has 1 fully saturated rings. The molecular weight excluding hydrogens is 190 g/mol. The molecule has 0 saturated carbocycles. The van der Waals surface area contributed by atoms with Crippen molar-refractivity contribution in [3.63, 3.8) is 0 Å². The third-order valence-corrected chi connectivity index (χ3v) is 3.25. The van der Waals surface area contributed by atoms with E-state index in [4.69, 9.17) is 5.73 Å². The molecule has 0 aliphatic carbocycles. The first-order chi connectivity index (χ1) is 7.06. The molecule has 1 aliphatic rings. The van der Waals surface area contributed by atoms with Crippen molar-refractivity contribution in [3.8, 4) is 0 Å². The molecule has 1 aliphatic heterocycles. The van der Waals surface area contributed by atoms with E-state index in [2.05, 4.69) is 25.8 Å². The number of hydrogen-bond donors (Lipinski definition) is 1. The van der Waals surface area contributed by atoms with Gasteiger partial charge in [0.05, 0.1) is 6.54 Å². The van der Waals surface area contributed by atoms with E-state index < -0.39 is 0 Å². The van der Waals surface area contributed by atoms with Crippen LogP contribution >= 0.6 is 0 Å². The van der Waals surface area contributed by atoms with Gasteiger partial charge in [0.2, 0.25) is 5.91 Å². The lowest BCUT2D eigenvalue weighted by Gasteiger charge is -2.30.